The fourth-order valence-electron chi connectivity index (χ4n) is 2.46. The van der Waals surface area contributed by atoms with Crippen molar-refractivity contribution < 1.29 is 14.0 Å². The van der Waals surface area contributed by atoms with E-state index in [4.69, 9.17) is 5.26 Å². The molecule has 1 heterocycles. The summed E-state index contributed by atoms with van der Waals surface area (Å²) in [5.74, 6) is -1.27. The number of nitriles is 1. The quantitative estimate of drug-likeness (QED) is 0.716. The molecule has 7 heteroatoms. The molecular weight excluding hydrogens is 359 g/mol. The largest absolute Gasteiger partial charge is 0.348 e. The van der Waals surface area contributed by atoms with Gasteiger partial charge < -0.3 is 10.6 Å². The van der Waals surface area contributed by atoms with Gasteiger partial charge in [0, 0.05) is 18.3 Å². The predicted molar refractivity (Wildman–Crippen MR) is 101 cm³/mol. The Labute approximate surface area is 160 Å². The second kappa shape index (κ2) is 8.56. The molecule has 138 valence electrons. The number of amides is 2. The van der Waals surface area contributed by atoms with Crippen LogP contribution in [0.3, 0.4) is 0 Å². The summed E-state index contributed by atoms with van der Waals surface area (Å²) in [6, 6.07) is 17.2. The van der Waals surface area contributed by atoms with Crippen LogP contribution in [0.2, 0.25) is 0 Å². The van der Waals surface area contributed by atoms with Crippen LogP contribution in [0.15, 0.2) is 66.9 Å². The maximum Gasteiger partial charge on any atom is 0.274 e. The lowest BCUT2D eigenvalue weighted by Gasteiger charge is -2.08. The van der Waals surface area contributed by atoms with E-state index >= 15 is 0 Å². The average Bonchev–Trinajstić information content (AvgIpc) is 2.73. The Balaban J connectivity index is 1.69. The Hall–Kier alpha value is -4.05. The van der Waals surface area contributed by atoms with Crippen LogP contribution in [-0.4, -0.2) is 16.8 Å². The van der Waals surface area contributed by atoms with E-state index in [0.717, 1.165) is 5.56 Å². The molecule has 1 aromatic heterocycles. The fourth-order valence-corrected chi connectivity index (χ4v) is 2.46. The van der Waals surface area contributed by atoms with Crippen LogP contribution in [0.25, 0.3) is 0 Å². The number of benzene rings is 2. The van der Waals surface area contributed by atoms with Crippen molar-refractivity contribution in [1.29, 1.82) is 5.26 Å². The first-order chi connectivity index (χ1) is 13.6. The highest BCUT2D eigenvalue weighted by atomic mass is 19.1. The number of nitrogens with zero attached hydrogens (tertiary/aromatic N) is 2. The topological polar surface area (TPSA) is 94.9 Å². The zero-order valence-corrected chi connectivity index (χ0v) is 14.6. The van der Waals surface area contributed by atoms with Crippen molar-refractivity contribution in [3.63, 3.8) is 0 Å². The minimum absolute atomic E-state index is 0.0437. The molecule has 0 atom stereocenters. The molecule has 6 nitrogen and oxygen atoms in total. The van der Waals surface area contributed by atoms with Crippen LogP contribution in [0, 0.1) is 17.1 Å². The number of carbonyl (C=O) groups excluding carboxylic acids is 2. The Bertz CT molecular complexity index is 1060. The van der Waals surface area contributed by atoms with Gasteiger partial charge in [0.15, 0.2) is 0 Å². The van der Waals surface area contributed by atoms with Gasteiger partial charge in [-0.15, -0.1) is 0 Å². The lowest BCUT2D eigenvalue weighted by Crippen LogP contribution is -2.23. The van der Waals surface area contributed by atoms with Gasteiger partial charge in [-0.2, -0.15) is 5.26 Å². The van der Waals surface area contributed by atoms with E-state index in [1.807, 2.05) is 6.07 Å². The summed E-state index contributed by atoms with van der Waals surface area (Å²) >= 11 is 0. The minimum Gasteiger partial charge on any atom is -0.348 e. The average molecular weight is 374 g/mol. The Morgan fingerprint density at radius 2 is 1.79 bits per heavy atom. The molecule has 0 aliphatic carbocycles. The number of nitrogens with one attached hydrogen (secondary N) is 2. The summed E-state index contributed by atoms with van der Waals surface area (Å²) in [7, 11) is 0. The summed E-state index contributed by atoms with van der Waals surface area (Å²) in [5.41, 5.74) is 1.74. The lowest BCUT2D eigenvalue weighted by molar-refractivity contribution is 0.0951. The molecule has 0 spiro atoms. The number of rotatable bonds is 5. The first-order valence-electron chi connectivity index (χ1n) is 8.36. The van der Waals surface area contributed by atoms with E-state index in [1.54, 1.807) is 36.4 Å². The first-order valence-corrected chi connectivity index (χ1v) is 8.36. The maximum atomic E-state index is 12.9. The molecule has 0 aliphatic heterocycles. The third kappa shape index (κ3) is 4.56. The normalized spacial score (nSPS) is 10.0. The number of pyridine rings is 1. The lowest BCUT2D eigenvalue weighted by atomic mass is 10.1. The Morgan fingerprint density at radius 3 is 2.54 bits per heavy atom. The molecule has 3 aromatic rings. The van der Waals surface area contributed by atoms with Crippen LogP contribution in [0.1, 0.15) is 32.0 Å². The Kier molecular flexibility index (Phi) is 5.72. The van der Waals surface area contributed by atoms with Gasteiger partial charge >= 0.3 is 0 Å². The highest BCUT2D eigenvalue weighted by Crippen LogP contribution is 2.15. The number of carbonyl (C=O) groups is 2. The van der Waals surface area contributed by atoms with Gasteiger partial charge in [-0.3, -0.25) is 14.6 Å². The van der Waals surface area contributed by atoms with Crippen molar-refractivity contribution in [3.05, 3.63) is 95.1 Å². The number of para-hydroxylation sites is 1. The van der Waals surface area contributed by atoms with Gasteiger partial charge in [-0.1, -0.05) is 24.3 Å². The molecule has 3 rings (SSSR count). The van der Waals surface area contributed by atoms with E-state index in [1.165, 1.54) is 30.5 Å². The van der Waals surface area contributed by atoms with Crippen molar-refractivity contribution in [3.8, 4) is 6.07 Å². The first kappa shape index (κ1) is 18.7. The van der Waals surface area contributed by atoms with Crippen molar-refractivity contribution in [2.24, 2.45) is 0 Å². The predicted octanol–water partition coefficient (Wildman–Crippen LogP) is 3.27. The van der Waals surface area contributed by atoms with Gasteiger partial charge in [0.25, 0.3) is 11.8 Å². The summed E-state index contributed by atoms with van der Waals surface area (Å²) in [5, 5.41) is 14.4. The zero-order chi connectivity index (χ0) is 19.9. The van der Waals surface area contributed by atoms with Gasteiger partial charge in [-0.05, 0) is 42.0 Å². The van der Waals surface area contributed by atoms with Crippen LogP contribution >= 0.6 is 0 Å². The summed E-state index contributed by atoms with van der Waals surface area (Å²) < 4.78 is 12.9. The van der Waals surface area contributed by atoms with E-state index in [0.29, 0.717) is 11.3 Å². The van der Waals surface area contributed by atoms with Crippen LogP contribution in [0.5, 0.6) is 0 Å². The van der Waals surface area contributed by atoms with Crippen LogP contribution < -0.4 is 10.6 Å². The summed E-state index contributed by atoms with van der Waals surface area (Å²) in [6.45, 7) is 0.221. The third-order valence-corrected chi connectivity index (χ3v) is 3.92. The molecule has 2 aromatic carbocycles. The molecule has 2 N–H and O–H groups in total. The van der Waals surface area contributed by atoms with Gasteiger partial charge in [-0.25, -0.2) is 4.39 Å². The second-order valence-electron chi connectivity index (χ2n) is 5.85. The number of aromatic nitrogens is 1. The molecule has 0 unspecified atom stereocenters. The third-order valence-electron chi connectivity index (χ3n) is 3.92. The van der Waals surface area contributed by atoms with Gasteiger partial charge in [0.05, 0.1) is 11.3 Å². The summed E-state index contributed by atoms with van der Waals surface area (Å²) in [6.07, 6.45) is 1.36. The number of hydrogen-bond acceptors (Lipinski definition) is 4. The zero-order valence-electron chi connectivity index (χ0n) is 14.6. The smallest absolute Gasteiger partial charge is 0.274 e. The molecule has 0 fully saturated rings. The summed E-state index contributed by atoms with van der Waals surface area (Å²) in [4.78, 5) is 28.7. The molecular formula is C21H15FN4O2. The molecule has 2 amide bonds. The van der Waals surface area contributed by atoms with E-state index in [2.05, 4.69) is 15.6 Å². The number of hydrogen-bond donors (Lipinski definition) is 2. The number of anilines is 1. The van der Waals surface area contributed by atoms with Gasteiger partial charge in [0.1, 0.15) is 17.6 Å². The van der Waals surface area contributed by atoms with Gasteiger partial charge in [0.2, 0.25) is 0 Å². The highest BCUT2D eigenvalue weighted by molar-refractivity contribution is 6.05. The molecule has 0 aliphatic rings. The molecule has 0 radical (unpaired) electrons. The van der Waals surface area contributed by atoms with E-state index in [-0.39, 0.29) is 23.6 Å². The molecule has 0 bridgehead atoms. The van der Waals surface area contributed by atoms with Crippen molar-refractivity contribution in [1.82, 2.24) is 10.3 Å². The van der Waals surface area contributed by atoms with Crippen LogP contribution in [-0.2, 0) is 6.54 Å². The minimum atomic E-state index is -0.532. The standard InChI is InChI=1S/C21H15FN4O2/c22-17-7-5-14(6-8-17)13-25-20(27)15-9-10-24-19(11-15)21(28)26-18-4-2-1-3-16(18)12-23/h1-11H,13H2,(H,25,27)(H,26,28). The highest BCUT2D eigenvalue weighted by Gasteiger charge is 2.13. The number of halogens is 1. The Morgan fingerprint density at radius 1 is 1.04 bits per heavy atom. The van der Waals surface area contributed by atoms with E-state index < -0.39 is 11.8 Å². The fraction of sp³-hybridized carbons (Fsp3) is 0.0476. The molecule has 0 saturated carbocycles. The van der Waals surface area contributed by atoms with Crippen LogP contribution in [0.4, 0.5) is 10.1 Å². The SMILES string of the molecule is N#Cc1ccccc1NC(=O)c1cc(C(=O)NCc2ccc(F)cc2)ccn1. The van der Waals surface area contributed by atoms with Crippen molar-refractivity contribution in [2.45, 2.75) is 6.54 Å². The van der Waals surface area contributed by atoms with E-state index in [9.17, 15) is 14.0 Å². The maximum absolute atomic E-state index is 12.9. The van der Waals surface area contributed by atoms with Crippen molar-refractivity contribution >= 4 is 17.5 Å². The monoisotopic (exact) mass is 374 g/mol. The molecule has 0 saturated heterocycles. The van der Waals surface area contributed by atoms with Crippen molar-refractivity contribution in [2.75, 3.05) is 5.32 Å². The molecule has 28 heavy (non-hydrogen) atoms. The second-order valence-corrected chi connectivity index (χ2v) is 5.85.